The van der Waals surface area contributed by atoms with Crippen molar-refractivity contribution in [2.45, 2.75) is 38.4 Å². The Balaban J connectivity index is 2.50. The molecule has 3 aliphatic rings. The Morgan fingerprint density at radius 1 is 1.38 bits per heavy atom. The van der Waals surface area contributed by atoms with E-state index in [4.69, 9.17) is 0 Å². The molecule has 3 fully saturated rings. The van der Waals surface area contributed by atoms with Gasteiger partial charge in [-0.1, -0.05) is 36.7 Å². The second-order valence-corrected chi connectivity index (χ2v) is 6.10. The van der Waals surface area contributed by atoms with Crippen molar-refractivity contribution >= 4 is 21.9 Å². The molecule has 1 N–H and O–H groups in total. The van der Waals surface area contributed by atoms with Gasteiger partial charge < -0.3 is 5.11 Å². The third-order valence-corrected chi connectivity index (χ3v) is 6.75. The summed E-state index contributed by atoms with van der Waals surface area (Å²) in [5.41, 5.74) is -0.410. The molecule has 2 bridgehead atoms. The average Bonchev–Trinajstić information content (AvgIpc) is 2.39. The van der Waals surface area contributed by atoms with Crippen LogP contribution in [0.15, 0.2) is 0 Å². The van der Waals surface area contributed by atoms with Crippen molar-refractivity contribution in [2.75, 3.05) is 0 Å². The van der Waals surface area contributed by atoms with Gasteiger partial charge in [0, 0.05) is 4.83 Å². The van der Waals surface area contributed by atoms with Gasteiger partial charge in [-0.25, -0.2) is 0 Å². The lowest BCUT2D eigenvalue weighted by Crippen LogP contribution is -2.67. The second kappa shape index (κ2) is 2.13. The Morgan fingerprint density at radius 3 is 2.08 bits per heavy atom. The van der Waals surface area contributed by atoms with Gasteiger partial charge in [-0.2, -0.15) is 0 Å². The van der Waals surface area contributed by atoms with E-state index >= 15 is 0 Å². The fourth-order valence-electron chi connectivity index (χ4n) is 3.43. The highest BCUT2D eigenvalue weighted by Gasteiger charge is 2.80. The van der Waals surface area contributed by atoms with Crippen LogP contribution in [0.4, 0.5) is 0 Å². The number of carbonyl (C=O) groups is 1. The third kappa shape index (κ3) is 0.641. The van der Waals surface area contributed by atoms with Gasteiger partial charge in [0.15, 0.2) is 0 Å². The maximum absolute atomic E-state index is 11.3. The minimum atomic E-state index is -0.630. The summed E-state index contributed by atoms with van der Waals surface area (Å²) in [5.74, 6) is -0.630. The number of fused-ring (bicyclic) bond motifs is 1. The van der Waals surface area contributed by atoms with E-state index in [1.807, 2.05) is 0 Å². The standard InChI is InChI=1S/C10H15BrO2/c1-8(2)9(3)4-5-10(8,6(9)11)7(12)13/h6H,4-5H2,1-3H3,(H,12,13)/t6-,9-,10+/m0/s1. The van der Waals surface area contributed by atoms with Gasteiger partial charge in [-0.3, -0.25) is 4.79 Å². The van der Waals surface area contributed by atoms with Crippen LogP contribution in [0.1, 0.15) is 33.6 Å². The zero-order valence-electron chi connectivity index (χ0n) is 8.22. The Kier molecular flexibility index (Phi) is 1.56. The van der Waals surface area contributed by atoms with Crippen molar-refractivity contribution in [1.29, 1.82) is 0 Å². The van der Waals surface area contributed by atoms with E-state index < -0.39 is 11.4 Å². The Labute approximate surface area is 86.8 Å². The van der Waals surface area contributed by atoms with Gasteiger partial charge in [0.2, 0.25) is 0 Å². The number of rotatable bonds is 1. The molecule has 0 radical (unpaired) electrons. The molecule has 0 amide bonds. The molecule has 3 heteroatoms. The Morgan fingerprint density at radius 2 is 1.92 bits per heavy atom. The molecule has 0 heterocycles. The predicted molar refractivity (Wildman–Crippen MR) is 53.9 cm³/mol. The molecule has 0 aromatic heterocycles. The van der Waals surface area contributed by atoms with Crippen LogP contribution in [0.2, 0.25) is 0 Å². The van der Waals surface area contributed by atoms with Crippen molar-refractivity contribution in [1.82, 2.24) is 0 Å². The Hall–Kier alpha value is -0.0500. The van der Waals surface area contributed by atoms with Crippen molar-refractivity contribution in [3.05, 3.63) is 0 Å². The first-order valence-electron chi connectivity index (χ1n) is 4.68. The topological polar surface area (TPSA) is 37.3 Å². The summed E-state index contributed by atoms with van der Waals surface area (Å²) in [6.07, 6.45) is 1.85. The number of halogens is 1. The lowest BCUT2D eigenvalue weighted by molar-refractivity contribution is -0.179. The second-order valence-electron chi connectivity index (χ2n) is 5.18. The number of aliphatic carboxylic acids is 1. The van der Waals surface area contributed by atoms with Crippen LogP contribution in [-0.2, 0) is 4.79 Å². The van der Waals surface area contributed by atoms with Gasteiger partial charge in [0.1, 0.15) is 0 Å². The van der Waals surface area contributed by atoms with Gasteiger partial charge in [-0.15, -0.1) is 0 Å². The van der Waals surface area contributed by atoms with Gasteiger partial charge in [-0.05, 0) is 23.7 Å². The molecule has 13 heavy (non-hydrogen) atoms. The fraction of sp³-hybridized carbons (Fsp3) is 0.900. The molecule has 2 nitrogen and oxygen atoms in total. The van der Waals surface area contributed by atoms with Crippen molar-refractivity contribution < 1.29 is 9.90 Å². The van der Waals surface area contributed by atoms with Crippen LogP contribution in [0.3, 0.4) is 0 Å². The maximum atomic E-state index is 11.3. The van der Waals surface area contributed by atoms with E-state index in [1.165, 1.54) is 0 Å². The van der Waals surface area contributed by atoms with Gasteiger partial charge in [0.05, 0.1) is 5.41 Å². The normalized spacial score (nSPS) is 51.5. The molecule has 0 aromatic rings. The highest BCUT2D eigenvalue weighted by atomic mass is 79.9. The van der Waals surface area contributed by atoms with Crippen molar-refractivity contribution in [3.63, 3.8) is 0 Å². The smallest absolute Gasteiger partial charge is 0.311 e. The molecule has 3 saturated carbocycles. The first kappa shape index (κ1) is 9.50. The molecule has 3 atom stereocenters. The number of alkyl halides is 1. The molecule has 0 unspecified atom stereocenters. The molecular formula is C10H15BrO2. The van der Waals surface area contributed by atoms with Crippen LogP contribution >= 0.6 is 15.9 Å². The van der Waals surface area contributed by atoms with Crippen molar-refractivity contribution in [3.8, 4) is 0 Å². The monoisotopic (exact) mass is 246 g/mol. The summed E-state index contributed by atoms with van der Waals surface area (Å²) < 4.78 is 0. The fourth-order valence-corrected chi connectivity index (χ4v) is 5.23. The minimum absolute atomic E-state index is 0.0694. The van der Waals surface area contributed by atoms with E-state index in [-0.39, 0.29) is 15.7 Å². The van der Waals surface area contributed by atoms with E-state index in [0.717, 1.165) is 12.8 Å². The van der Waals surface area contributed by atoms with Crippen LogP contribution in [-0.4, -0.2) is 15.9 Å². The summed E-state index contributed by atoms with van der Waals surface area (Å²) in [5, 5.41) is 9.30. The summed E-state index contributed by atoms with van der Waals surface area (Å²) >= 11 is 3.56. The highest BCUT2D eigenvalue weighted by molar-refractivity contribution is 9.09. The summed E-state index contributed by atoms with van der Waals surface area (Å²) in [6.45, 7) is 6.37. The summed E-state index contributed by atoms with van der Waals surface area (Å²) in [6, 6.07) is 0. The minimum Gasteiger partial charge on any atom is -0.481 e. The molecule has 74 valence electrons. The van der Waals surface area contributed by atoms with Crippen molar-refractivity contribution in [2.24, 2.45) is 16.2 Å². The third-order valence-electron chi connectivity index (χ3n) is 4.96. The van der Waals surface area contributed by atoms with Gasteiger partial charge >= 0.3 is 5.97 Å². The zero-order valence-corrected chi connectivity index (χ0v) is 9.81. The predicted octanol–water partition coefficient (Wildman–Crippen LogP) is 2.66. The van der Waals surface area contributed by atoms with E-state index in [1.54, 1.807) is 0 Å². The van der Waals surface area contributed by atoms with E-state index in [2.05, 4.69) is 36.7 Å². The Bertz CT molecular complexity index is 287. The molecular weight excluding hydrogens is 232 g/mol. The zero-order chi connectivity index (χ0) is 10.1. The van der Waals surface area contributed by atoms with E-state index in [9.17, 15) is 9.90 Å². The largest absolute Gasteiger partial charge is 0.481 e. The first-order valence-corrected chi connectivity index (χ1v) is 5.60. The molecule has 0 saturated heterocycles. The first-order chi connectivity index (χ1) is 5.81. The number of carboxylic acids is 1. The van der Waals surface area contributed by atoms with Crippen LogP contribution < -0.4 is 0 Å². The molecule has 3 rings (SSSR count). The van der Waals surface area contributed by atoms with Gasteiger partial charge in [0.25, 0.3) is 0 Å². The maximum Gasteiger partial charge on any atom is 0.311 e. The number of hydrogen-bond acceptors (Lipinski definition) is 1. The molecule has 3 aliphatic carbocycles. The highest BCUT2D eigenvalue weighted by Crippen LogP contribution is 2.79. The molecule has 0 spiro atoms. The SMILES string of the molecule is CC1(C)[C@@]2(C)CC[C@]1(C(=O)O)[C@H]2Br. The summed E-state index contributed by atoms with van der Waals surface area (Å²) in [4.78, 5) is 11.5. The van der Waals surface area contributed by atoms with Crippen LogP contribution in [0.5, 0.6) is 0 Å². The van der Waals surface area contributed by atoms with Crippen LogP contribution in [0, 0.1) is 16.2 Å². The quantitative estimate of drug-likeness (QED) is 0.723. The van der Waals surface area contributed by atoms with Crippen LogP contribution in [0.25, 0.3) is 0 Å². The lowest BCUT2D eigenvalue weighted by atomic mass is 9.44. The van der Waals surface area contributed by atoms with E-state index in [0.29, 0.717) is 0 Å². The average molecular weight is 247 g/mol. The lowest BCUT2D eigenvalue weighted by Gasteiger charge is -2.63. The molecule has 0 aromatic carbocycles. The summed E-state index contributed by atoms with van der Waals surface area (Å²) in [7, 11) is 0. The molecule has 0 aliphatic heterocycles. The number of hydrogen-bond donors (Lipinski definition) is 1. The number of carboxylic acid groups (broad SMARTS) is 1.